The molecule has 2 N–H and O–H groups in total. The van der Waals surface area contributed by atoms with Gasteiger partial charge in [-0.15, -0.1) is 13.2 Å². The number of nitrogens with one attached hydrogen (secondary N) is 2. The highest BCUT2D eigenvalue weighted by Crippen LogP contribution is 2.27. The van der Waals surface area contributed by atoms with Crippen LogP contribution in [-0.4, -0.2) is 30.5 Å². The molecular weight excluding hydrogens is 373 g/mol. The molecule has 2 heterocycles. The summed E-state index contributed by atoms with van der Waals surface area (Å²) in [7, 11) is 0. The van der Waals surface area contributed by atoms with Gasteiger partial charge in [0.25, 0.3) is 0 Å². The van der Waals surface area contributed by atoms with Crippen LogP contribution >= 0.6 is 0 Å². The van der Waals surface area contributed by atoms with Gasteiger partial charge in [-0.05, 0) is 49.6 Å². The van der Waals surface area contributed by atoms with Crippen molar-refractivity contribution in [1.29, 1.82) is 0 Å². The summed E-state index contributed by atoms with van der Waals surface area (Å²) in [5, 5.41) is 5.57. The van der Waals surface area contributed by atoms with Gasteiger partial charge in [-0.25, -0.2) is 9.78 Å². The van der Waals surface area contributed by atoms with Gasteiger partial charge in [-0.2, -0.15) is 0 Å². The number of ether oxygens (including phenoxy) is 1. The number of amides is 2. The van der Waals surface area contributed by atoms with E-state index in [2.05, 4.69) is 25.3 Å². The van der Waals surface area contributed by atoms with Crippen LogP contribution in [0.1, 0.15) is 31.4 Å². The predicted molar refractivity (Wildman–Crippen MR) is 99.4 cm³/mol. The van der Waals surface area contributed by atoms with Crippen molar-refractivity contribution in [3.8, 4) is 5.75 Å². The van der Waals surface area contributed by atoms with Crippen LogP contribution in [0.4, 0.5) is 29.5 Å². The lowest BCUT2D eigenvalue weighted by Crippen LogP contribution is -2.32. The van der Waals surface area contributed by atoms with Gasteiger partial charge in [0.15, 0.2) is 5.82 Å². The van der Waals surface area contributed by atoms with Crippen LogP contribution in [0.5, 0.6) is 5.75 Å². The van der Waals surface area contributed by atoms with E-state index in [1.54, 1.807) is 25.3 Å². The Balaban J connectivity index is 1.60. The number of anilines is 2. The van der Waals surface area contributed by atoms with E-state index in [0.717, 1.165) is 31.7 Å². The fourth-order valence-electron chi connectivity index (χ4n) is 3.07. The zero-order chi connectivity index (χ0) is 20.1. The van der Waals surface area contributed by atoms with E-state index in [4.69, 9.17) is 0 Å². The Hall–Kier alpha value is -2.97. The summed E-state index contributed by atoms with van der Waals surface area (Å²) in [6, 6.07) is 8.09. The normalized spacial score (nSPS) is 15.2. The van der Waals surface area contributed by atoms with E-state index in [0.29, 0.717) is 11.3 Å². The van der Waals surface area contributed by atoms with Crippen LogP contribution in [0, 0.1) is 0 Å². The molecule has 1 saturated heterocycles. The lowest BCUT2D eigenvalue weighted by molar-refractivity contribution is -0.274. The molecule has 1 fully saturated rings. The number of benzene rings is 1. The number of pyridine rings is 1. The molecule has 150 valence electrons. The first-order valence-corrected chi connectivity index (χ1v) is 8.95. The van der Waals surface area contributed by atoms with Crippen molar-refractivity contribution < 1.29 is 22.7 Å². The smallest absolute Gasteiger partial charge is 0.406 e. The van der Waals surface area contributed by atoms with Gasteiger partial charge in [0.2, 0.25) is 0 Å². The number of hydrogen-bond donors (Lipinski definition) is 2. The SMILES string of the molecule is CC(NC(=O)Nc1cccnc1N1CCCC1)c1ccc(OC(F)(F)F)cc1. The lowest BCUT2D eigenvalue weighted by Gasteiger charge is -2.21. The molecule has 2 aromatic rings. The molecule has 1 aromatic heterocycles. The fraction of sp³-hybridized carbons (Fsp3) is 0.368. The second-order valence-corrected chi connectivity index (χ2v) is 6.51. The predicted octanol–water partition coefficient (Wildman–Crippen LogP) is 4.46. The Morgan fingerprint density at radius 1 is 1.18 bits per heavy atom. The quantitative estimate of drug-likeness (QED) is 0.786. The molecule has 1 aliphatic heterocycles. The van der Waals surface area contributed by atoms with Gasteiger partial charge in [-0.1, -0.05) is 12.1 Å². The van der Waals surface area contributed by atoms with Crippen LogP contribution < -0.4 is 20.3 Å². The van der Waals surface area contributed by atoms with Crippen LogP contribution in [-0.2, 0) is 0 Å². The van der Waals surface area contributed by atoms with Crippen LogP contribution in [0.15, 0.2) is 42.6 Å². The summed E-state index contributed by atoms with van der Waals surface area (Å²) in [5.74, 6) is 0.426. The molecule has 0 radical (unpaired) electrons. The number of urea groups is 1. The molecule has 3 rings (SSSR count). The number of alkyl halides is 3. The minimum Gasteiger partial charge on any atom is -0.406 e. The Bertz CT molecular complexity index is 806. The van der Waals surface area contributed by atoms with Crippen molar-refractivity contribution in [1.82, 2.24) is 10.3 Å². The monoisotopic (exact) mass is 394 g/mol. The first-order valence-electron chi connectivity index (χ1n) is 8.95. The molecule has 9 heteroatoms. The summed E-state index contributed by atoms with van der Waals surface area (Å²) in [6.07, 6.45) is -0.868. The van der Waals surface area contributed by atoms with Gasteiger partial charge in [-0.3, -0.25) is 0 Å². The molecule has 0 saturated carbocycles. The number of aromatic nitrogens is 1. The number of halogens is 3. The second kappa shape index (κ2) is 8.37. The number of carbonyl (C=O) groups excluding carboxylic acids is 1. The maximum Gasteiger partial charge on any atom is 0.573 e. The molecule has 28 heavy (non-hydrogen) atoms. The third-order valence-corrected chi connectivity index (χ3v) is 4.40. The van der Waals surface area contributed by atoms with E-state index < -0.39 is 18.4 Å². The third-order valence-electron chi connectivity index (χ3n) is 4.40. The molecule has 1 unspecified atom stereocenters. The van der Waals surface area contributed by atoms with Crippen LogP contribution in [0.3, 0.4) is 0 Å². The Morgan fingerprint density at radius 2 is 1.86 bits per heavy atom. The summed E-state index contributed by atoms with van der Waals surface area (Å²) >= 11 is 0. The molecule has 0 aliphatic carbocycles. The van der Waals surface area contributed by atoms with Gasteiger partial charge in [0.05, 0.1) is 11.7 Å². The van der Waals surface area contributed by atoms with E-state index in [9.17, 15) is 18.0 Å². The van der Waals surface area contributed by atoms with E-state index in [1.807, 2.05) is 0 Å². The second-order valence-electron chi connectivity index (χ2n) is 6.51. The molecule has 1 aromatic carbocycles. The highest BCUT2D eigenvalue weighted by Gasteiger charge is 2.31. The lowest BCUT2D eigenvalue weighted by atomic mass is 10.1. The average molecular weight is 394 g/mol. The third kappa shape index (κ3) is 5.28. The van der Waals surface area contributed by atoms with E-state index in [-0.39, 0.29) is 5.75 Å². The molecule has 0 bridgehead atoms. The molecule has 1 atom stereocenters. The number of carbonyl (C=O) groups is 1. The summed E-state index contributed by atoms with van der Waals surface area (Å²) in [5.41, 5.74) is 1.26. The molecule has 0 spiro atoms. The number of rotatable bonds is 5. The minimum atomic E-state index is -4.73. The summed E-state index contributed by atoms with van der Waals surface area (Å²) in [6.45, 7) is 3.54. The van der Waals surface area contributed by atoms with Crippen LogP contribution in [0.25, 0.3) is 0 Å². The van der Waals surface area contributed by atoms with Gasteiger partial charge in [0.1, 0.15) is 5.75 Å². The van der Waals surface area contributed by atoms with Gasteiger partial charge >= 0.3 is 12.4 Å². The Morgan fingerprint density at radius 3 is 2.50 bits per heavy atom. The topological polar surface area (TPSA) is 66.5 Å². The maximum atomic E-state index is 12.4. The average Bonchev–Trinajstić information content (AvgIpc) is 3.15. The zero-order valence-electron chi connectivity index (χ0n) is 15.3. The summed E-state index contributed by atoms with van der Waals surface area (Å²) in [4.78, 5) is 18.9. The Kier molecular flexibility index (Phi) is 5.91. The highest BCUT2D eigenvalue weighted by atomic mass is 19.4. The summed E-state index contributed by atoms with van der Waals surface area (Å²) < 4.78 is 40.5. The van der Waals surface area contributed by atoms with E-state index in [1.165, 1.54) is 24.3 Å². The molecule has 2 amide bonds. The standard InChI is InChI=1S/C19H21F3N4O2/c1-13(14-6-8-15(9-7-14)28-19(20,21)22)24-18(27)25-16-5-4-10-23-17(16)26-11-2-3-12-26/h4-10,13H,2-3,11-12H2,1H3,(H2,24,25,27). The first-order chi connectivity index (χ1) is 13.3. The molecule has 6 nitrogen and oxygen atoms in total. The molecule has 1 aliphatic rings. The first kappa shape index (κ1) is 19.8. The highest BCUT2D eigenvalue weighted by molar-refractivity contribution is 5.92. The fourth-order valence-corrected chi connectivity index (χ4v) is 3.07. The van der Waals surface area contributed by atoms with Crippen molar-refractivity contribution >= 4 is 17.5 Å². The number of nitrogens with zero attached hydrogens (tertiary/aromatic N) is 2. The van der Waals surface area contributed by atoms with Crippen molar-refractivity contribution in [2.45, 2.75) is 32.2 Å². The Labute approximate surface area is 160 Å². The minimum absolute atomic E-state index is 0.307. The van der Waals surface area contributed by atoms with Crippen molar-refractivity contribution in [3.05, 3.63) is 48.2 Å². The van der Waals surface area contributed by atoms with Gasteiger partial charge in [0, 0.05) is 19.3 Å². The number of hydrogen-bond acceptors (Lipinski definition) is 4. The van der Waals surface area contributed by atoms with E-state index >= 15 is 0 Å². The largest absolute Gasteiger partial charge is 0.573 e. The van der Waals surface area contributed by atoms with Crippen LogP contribution in [0.2, 0.25) is 0 Å². The molecular formula is C19H21F3N4O2. The van der Waals surface area contributed by atoms with Crippen molar-refractivity contribution in [2.24, 2.45) is 0 Å². The van der Waals surface area contributed by atoms with Gasteiger partial charge < -0.3 is 20.3 Å². The zero-order valence-corrected chi connectivity index (χ0v) is 15.3. The van der Waals surface area contributed by atoms with Crippen molar-refractivity contribution in [3.63, 3.8) is 0 Å². The van der Waals surface area contributed by atoms with Crippen molar-refractivity contribution in [2.75, 3.05) is 23.3 Å². The maximum absolute atomic E-state index is 12.4.